The molecular formula is C14H19Cl2FN2. The van der Waals surface area contributed by atoms with Crippen molar-refractivity contribution in [2.75, 3.05) is 18.9 Å². The molecule has 1 heterocycles. The van der Waals surface area contributed by atoms with Gasteiger partial charge in [-0.05, 0) is 38.4 Å². The standard InChI is InChI=1S/C14H19Cl2FN2/c1-8-7-19(3)9(2)4-13(8)18-14-11(15)5-10(17)6-12(14)16/h5-6,8-9,13,18H,4,7H2,1-3H3. The fourth-order valence-electron chi connectivity index (χ4n) is 2.61. The fourth-order valence-corrected chi connectivity index (χ4v) is 3.18. The summed E-state index contributed by atoms with van der Waals surface area (Å²) in [6.07, 6.45) is 1.02. The van der Waals surface area contributed by atoms with Crippen molar-refractivity contribution in [3.8, 4) is 0 Å². The summed E-state index contributed by atoms with van der Waals surface area (Å²) in [5, 5.41) is 4.06. The van der Waals surface area contributed by atoms with Crippen molar-refractivity contribution in [1.29, 1.82) is 0 Å². The highest BCUT2D eigenvalue weighted by Crippen LogP contribution is 2.34. The molecule has 3 unspecified atom stereocenters. The number of hydrogen-bond acceptors (Lipinski definition) is 2. The normalized spacial score (nSPS) is 28.4. The number of benzene rings is 1. The van der Waals surface area contributed by atoms with Gasteiger partial charge in [-0.1, -0.05) is 30.1 Å². The van der Waals surface area contributed by atoms with Gasteiger partial charge in [0.25, 0.3) is 0 Å². The molecule has 3 atom stereocenters. The van der Waals surface area contributed by atoms with Crippen LogP contribution >= 0.6 is 23.2 Å². The first-order chi connectivity index (χ1) is 8.88. The van der Waals surface area contributed by atoms with Gasteiger partial charge >= 0.3 is 0 Å². The second-order valence-corrected chi connectivity index (χ2v) is 6.31. The van der Waals surface area contributed by atoms with Crippen LogP contribution in [0.25, 0.3) is 0 Å². The minimum atomic E-state index is -0.412. The van der Waals surface area contributed by atoms with E-state index in [0.29, 0.717) is 33.7 Å². The molecule has 2 rings (SSSR count). The average Bonchev–Trinajstić information content (AvgIpc) is 2.29. The van der Waals surface area contributed by atoms with Gasteiger partial charge in [-0.15, -0.1) is 0 Å². The molecule has 0 bridgehead atoms. The smallest absolute Gasteiger partial charge is 0.126 e. The Morgan fingerprint density at radius 1 is 1.26 bits per heavy atom. The van der Waals surface area contributed by atoms with Gasteiger partial charge in [0.1, 0.15) is 5.82 Å². The quantitative estimate of drug-likeness (QED) is 0.877. The third kappa shape index (κ3) is 3.33. The highest BCUT2D eigenvalue weighted by atomic mass is 35.5. The Labute approximate surface area is 123 Å². The molecule has 2 nitrogen and oxygen atoms in total. The lowest BCUT2D eigenvalue weighted by molar-refractivity contribution is 0.145. The molecule has 1 aliphatic rings. The molecule has 1 aromatic carbocycles. The minimum Gasteiger partial charge on any atom is -0.380 e. The summed E-state index contributed by atoms with van der Waals surface area (Å²) in [5.41, 5.74) is 0.637. The molecule has 19 heavy (non-hydrogen) atoms. The van der Waals surface area contributed by atoms with E-state index < -0.39 is 5.82 Å². The lowest BCUT2D eigenvalue weighted by atomic mass is 9.89. The summed E-state index contributed by atoms with van der Waals surface area (Å²) in [6, 6.07) is 3.39. The number of halogens is 3. The summed E-state index contributed by atoms with van der Waals surface area (Å²) in [5.74, 6) is 0.0729. The second kappa shape index (κ2) is 5.86. The van der Waals surface area contributed by atoms with Crippen molar-refractivity contribution in [2.45, 2.75) is 32.4 Å². The van der Waals surface area contributed by atoms with E-state index in [-0.39, 0.29) is 0 Å². The Morgan fingerprint density at radius 3 is 2.42 bits per heavy atom. The van der Waals surface area contributed by atoms with Crippen LogP contribution < -0.4 is 5.32 Å². The SMILES string of the molecule is CC1CN(C)C(C)CC1Nc1c(Cl)cc(F)cc1Cl. The minimum absolute atomic E-state index is 0.298. The molecule has 1 saturated heterocycles. The van der Waals surface area contributed by atoms with E-state index in [1.54, 1.807) is 0 Å². The lowest BCUT2D eigenvalue weighted by Gasteiger charge is -2.40. The van der Waals surface area contributed by atoms with Crippen molar-refractivity contribution in [1.82, 2.24) is 4.90 Å². The van der Waals surface area contributed by atoms with Gasteiger partial charge in [-0.2, -0.15) is 0 Å². The highest BCUT2D eigenvalue weighted by Gasteiger charge is 2.29. The van der Waals surface area contributed by atoms with Crippen LogP contribution in [0.1, 0.15) is 20.3 Å². The largest absolute Gasteiger partial charge is 0.380 e. The molecule has 0 aromatic heterocycles. The summed E-state index contributed by atoms with van der Waals surface area (Å²) in [4.78, 5) is 2.34. The fraction of sp³-hybridized carbons (Fsp3) is 0.571. The molecule has 5 heteroatoms. The van der Waals surface area contributed by atoms with Crippen molar-refractivity contribution < 1.29 is 4.39 Å². The average molecular weight is 305 g/mol. The van der Waals surface area contributed by atoms with Crippen LogP contribution in [-0.4, -0.2) is 30.6 Å². The molecule has 1 aromatic rings. The molecule has 0 spiro atoms. The van der Waals surface area contributed by atoms with E-state index in [1.807, 2.05) is 0 Å². The van der Waals surface area contributed by atoms with Crippen LogP contribution in [0.3, 0.4) is 0 Å². The molecular weight excluding hydrogens is 286 g/mol. The zero-order valence-electron chi connectivity index (χ0n) is 11.4. The van der Waals surface area contributed by atoms with Crippen molar-refractivity contribution in [2.24, 2.45) is 5.92 Å². The predicted octanol–water partition coefficient (Wildman–Crippen LogP) is 4.27. The van der Waals surface area contributed by atoms with Crippen LogP contribution in [0.5, 0.6) is 0 Å². The first kappa shape index (κ1) is 14.9. The number of likely N-dealkylation sites (tertiary alicyclic amines) is 1. The highest BCUT2D eigenvalue weighted by molar-refractivity contribution is 6.39. The molecule has 0 aliphatic carbocycles. The summed E-state index contributed by atoms with van der Waals surface area (Å²) >= 11 is 12.1. The number of nitrogens with one attached hydrogen (secondary N) is 1. The van der Waals surface area contributed by atoms with Gasteiger partial charge in [0.15, 0.2) is 0 Å². The third-order valence-corrected chi connectivity index (χ3v) is 4.54. The maximum Gasteiger partial charge on any atom is 0.126 e. The van der Waals surface area contributed by atoms with Crippen LogP contribution in [0.4, 0.5) is 10.1 Å². The first-order valence-electron chi connectivity index (χ1n) is 6.49. The topological polar surface area (TPSA) is 15.3 Å². The van der Waals surface area contributed by atoms with Crippen LogP contribution in [0.2, 0.25) is 10.0 Å². The number of piperidine rings is 1. The van der Waals surface area contributed by atoms with Gasteiger partial charge in [0.05, 0.1) is 15.7 Å². The predicted molar refractivity (Wildman–Crippen MR) is 79.7 cm³/mol. The van der Waals surface area contributed by atoms with E-state index in [2.05, 4.69) is 31.1 Å². The lowest BCUT2D eigenvalue weighted by Crippen LogP contribution is -2.48. The maximum atomic E-state index is 13.2. The van der Waals surface area contributed by atoms with Crippen molar-refractivity contribution >= 4 is 28.9 Å². The van der Waals surface area contributed by atoms with Gasteiger partial charge in [-0.25, -0.2) is 4.39 Å². The monoisotopic (exact) mass is 304 g/mol. The van der Waals surface area contributed by atoms with E-state index >= 15 is 0 Å². The molecule has 1 fully saturated rings. The Morgan fingerprint density at radius 2 is 1.84 bits per heavy atom. The zero-order chi connectivity index (χ0) is 14.2. The number of anilines is 1. The van der Waals surface area contributed by atoms with Crippen LogP contribution in [0, 0.1) is 11.7 Å². The molecule has 0 radical (unpaired) electrons. The molecule has 106 valence electrons. The molecule has 0 amide bonds. The van der Waals surface area contributed by atoms with Crippen LogP contribution in [-0.2, 0) is 0 Å². The van der Waals surface area contributed by atoms with Gasteiger partial charge < -0.3 is 10.2 Å². The van der Waals surface area contributed by atoms with Gasteiger partial charge in [0.2, 0.25) is 0 Å². The molecule has 1 aliphatic heterocycles. The van der Waals surface area contributed by atoms with E-state index in [4.69, 9.17) is 23.2 Å². The van der Waals surface area contributed by atoms with E-state index in [9.17, 15) is 4.39 Å². The Bertz CT molecular complexity index is 444. The number of rotatable bonds is 2. The number of hydrogen-bond donors (Lipinski definition) is 1. The van der Waals surface area contributed by atoms with E-state index in [0.717, 1.165) is 13.0 Å². The molecule has 0 saturated carbocycles. The van der Waals surface area contributed by atoms with E-state index in [1.165, 1.54) is 12.1 Å². The van der Waals surface area contributed by atoms with Gasteiger partial charge in [0, 0.05) is 18.6 Å². The van der Waals surface area contributed by atoms with Crippen molar-refractivity contribution in [3.63, 3.8) is 0 Å². The summed E-state index contributed by atoms with van der Waals surface area (Å²) in [7, 11) is 2.13. The zero-order valence-corrected chi connectivity index (χ0v) is 12.9. The molecule has 1 N–H and O–H groups in total. The maximum absolute atomic E-state index is 13.2. The van der Waals surface area contributed by atoms with Gasteiger partial charge in [-0.3, -0.25) is 0 Å². The Hall–Kier alpha value is -0.510. The van der Waals surface area contributed by atoms with Crippen LogP contribution in [0.15, 0.2) is 12.1 Å². The first-order valence-corrected chi connectivity index (χ1v) is 7.25. The Balaban J connectivity index is 2.17. The summed E-state index contributed by atoms with van der Waals surface area (Å²) in [6.45, 7) is 5.43. The Kier molecular flexibility index (Phi) is 4.59. The second-order valence-electron chi connectivity index (χ2n) is 5.50. The summed E-state index contributed by atoms with van der Waals surface area (Å²) < 4.78 is 13.2. The van der Waals surface area contributed by atoms with Crippen molar-refractivity contribution in [3.05, 3.63) is 28.0 Å². The third-order valence-electron chi connectivity index (χ3n) is 3.95. The number of nitrogens with zero attached hydrogens (tertiary/aromatic N) is 1.